The van der Waals surface area contributed by atoms with Crippen LogP contribution in [0.1, 0.15) is 101 Å². The Morgan fingerprint density at radius 2 is 1.29 bits per heavy atom. The summed E-state index contributed by atoms with van der Waals surface area (Å²) < 4.78 is 5.61. The van der Waals surface area contributed by atoms with Crippen molar-refractivity contribution in [1.82, 2.24) is 19.9 Å². The second-order valence-corrected chi connectivity index (χ2v) is 11.4. The van der Waals surface area contributed by atoms with E-state index in [2.05, 4.69) is 80.0 Å². The van der Waals surface area contributed by atoms with E-state index in [1.54, 1.807) is 0 Å². The molecule has 2 aromatic rings. The minimum Gasteiger partial charge on any atom is -0.462 e. The van der Waals surface area contributed by atoms with Gasteiger partial charge in [0.05, 0.1) is 16.2 Å². The average Bonchev–Trinajstić information content (AvgIpc) is 2.95. The summed E-state index contributed by atoms with van der Waals surface area (Å²) in [5, 5.41) is 1.44. The summed E-state index contributed by atoms with van der Waals surface area (Å²) in [6.07, 6.45) is 8.24. The number of esters is 1. The summed E-state index contributed by atoms with van der Waals surface area (Å²) in [7, 11) is 2.15. The van der Waals surface area contributed by atoms with Crippen LogP contribution in [0.25, 0.3) is 0 Å². The number of thioether (sulfide) groups is 2. The van der Waals surface area contributed by atoms with Gasteiger partial charge < -0.3 is 27.1 Å². The quantitative estimate of drug-likeness (QED) is 0.182. The Kier molecular flexibility index (Phi) is 34.6. The molecule has 1 aromatic carbocycles. The molecule has 1 aliphatic heterocycles. The van der Waals surface area contributed by atoms with Crippen LogP contribution in [-0.2, 0) is 28.1 Å². The van der Waals surface area contributed by atoms with Gasteiger partial charge in [0.2, 0.25) is 0 Å². The SMILES string of the molecule is CC.CC.CC.CC(C)C(=O)OC1CC(C)(C)N(C)C(C)(C)C1.CSc1n[c-]nc(SC)n1.Cc1ccccc1.[CH3-].[V+2]. The van der Waals surface area contributed by atoms with Crippen molar-refractivity contribution in [2.75, 3.05) is 19.6 Å². The minimum absolute atomic E-state index is 0. The van der Waals surface area contributed by atoms with Crippen LogP contribution in [-0.4, -0.2) is 62.6 Å². The molecule has 9 heteroatoms. The topological polar surface area (TPSA) is 68.2 Å². The summed E-state index contributed by atoms with van der Waals surface area (Å²) >= 11 is 2.98. The number of piperidine rings is 1. The largest absolute Gasteiger partial charge is 2.00 e. The summed E-state index contributed by atoms with van der Waals surface area (Å²) in [6, 6.07) is 10.3. The van der Waals surface area contributed by atoms with Crippen LogP contribution in [0.3, 0.4) is 0 Å². The molecule has 1 fully saturated rings. The second kappa shape index (κ2) is 28.7. The predicted molar refractivity (Wildman–Crippen MR) is 184 cm³/mol. The van der Waals surface area contributed by atoms with Crippen molar-refractivity contribution >= 4 is 29.5 Å². The van der Waals surface area contributed by atoms with E-state index in [-0.39, 0.29) is 55.1 Å². The summed E-state index contributed by atoms with van der Waals surface area (Å²) in [4.78, 5) is 25.8. The molecule has 2 heterocycles. The number of rotatable bonds is 4. The molecule has 1 radical (unpaired) electrons. The van der Waals surface area contributed by atoms with Crippen LogP contribution in [0.5, 0.6) is 0 Å². The Morgan fingerprint density at radius 1 is 0.905 bits per heavy atom. The van der Waals surface area contributed by atoms with Crippen molar-refractivity contribution in [1.29, 1.82) is 0 Å². The fraction of sp³-hybridized carbons (Fsp3) is 0.667. The van der Waals surface area contributed by atoms with Crippen LogP contribution < -0.4 is 0 Å². The van der Waals surface area contributed by atoms with Crippen molar-refractivity contribution in [2.45, 2.75) is 130 Å². The molecule has 243 valence electrons. The first-order valence-electron chi connectivity index (χ1n) is 14.5. The molecular formula is C33H62N4O2S2V. The molecule has 1 aliphatic rings. The smallest absolute Gasteiger partial charge is 0.462 e. The van der Waals surface area contributed by atoms with Gasteiger partial charge in [-0.15, -0.1) is 0 Å². The van der Waals surface area contributed by atoms with Crippen LogP contribution in [0.15, 0.2) is 40.6 Å². The van der Waals surface area contributed by atoms with E-state index >= 15 is 0 Å². The van der Waals surface area contributed by atoms with E-state index in [0.29, 0.717) is 0 Å². The Labute approximate surface area is 281 Å². The zero-order chi connectivity index (χ0) is 31.9. The number of hydrogen-bond donors (Lipinski definition) is 0. The van der Waals surface area contributed by atoms with Gasteiger partial charge >= 0.3 is 24.5 Å². The average molecular weight is 662 g/mol. The number of ether oxygens (including phenoxy) is 1. The Bertz CT molecular complexity index is 848. The normalized spacial score (nSPS) is 14.3. The first-order chi connectivity index (χ1) is 18.8. The van der Waals surface area contributed by atoms with Crippen LogP contribution in [0.4, 0.5) is 0 Å². The maximum absolute atomic E-state index is 11.7. The first-order valence-corrected chi connectivity index (χ1v) is 16.9. The zero-order valence-corrected chi connectivity index (χ0v) is 32.9. The number of carbonyl (C=O) groups is 1. The molecule has 0 saturated carbocycles. The van der Waals surface area contributed by atoms with E-state index in [1.165, 1.54) is 29.1 Å². The van der Waals surface area contributed by atoms with Crippen molar-refractivity contribution in [3.8, 4) is 0 Å². The fourth-order valence-corrected chi connectivity index (χ4v) is 4.30. The first kappa shape index (κ1) is 50.6. The number of benzene rings is 1. The van der Waals surface area contributed by atoms with Crippen LogP contribution in [0, 0.1) is 26.6 Å². The van der Waals surface area contributed by atoms with E-state index in [4.69, 9.17) is 4.74 Å². The van der Waals surface area contributed by atoms with Gasteiger partial charge in [0.1, 0.15) is 6.10 Å². The number of carbonyl (C=O) groups excluding carboxylic acids is 1. The van der Waals surface area contributed by atoms with Gasteiger partial charge in [0, 0.05) is 30.2 Å². The molecule has 0 aliphatic carbocycles. The van der Waals surface area contributed by atoms with E-state index in [1.807, 2.05) is 86.1 Å². The van der Waals surface area contributed by atoms with Gasteiger partial charge in [-0.05, 0) is 54.2 Å². The van der Waals surface area contributed by atoms with Crippen molar-refractivity contribution in [2.24, 2.45) is 5.92 Å². The third-order valence-corrected chi connectivity index (χ3v) is 6.91. The van der Waals surface area contributed by atoms with Gasteiger partial charge in [0.15, 0.2) is 0 Å². The van der Waals surface area contributed by atoms with E-state index in [0.717, 1.165) is 23.2 Å². The van der Waals surface area contributed by atoms with E-state index < -0.39 is 0 Å². The summed E-state index contributed by atoms with van der Waals surface area (Å²) in [6.45, 7) is 26.7. The summed E-state index contributed by atoms with van der Waals surface area (Å²) in [5.41, 5.74) is 1.47. The van der Waals surface area contributed by atoms with E-state index in [9.17, 15) is 4.79 Å². The number of nitrogens with zero attached hydrogens (tertiary/aromatic N) is 4. The van der Waals surface area contributed by atoms with Crippen LogP contribution in [0.2, 0.25) is 0 Å². The van der Waals surface area contributed by atoms with Gasteiger partial charge in [-0.2, -0.15) is 23.5 Å². The van der Waals surface area contributed by atoms with Gasteiger partial charge in [-0.25, -0.2) is 0 Å². The Hall–Kier alpha value is -1.06. The molecule has 0 bridgehead atoms. The van der Waals surface area contributed by atoms with Crippen molar-refractivity contribution in [3.05, 3.63) is 49.6 Å². The molecule has 0 amide bonds. The monoisotopic (exact) mass is 661 g/mol. The predicted octanol–water partition coefficient (Wildman–Crippen LogP) is 9.47. The molecule has 42 heavy (non-hydrogen) atoms. The fourth-order valence-electron chi connectivity index (χ4n) is 3.62. The molecule has 0 unspecified atom stereocenters. The molecular weight excluding hydrogens is 599 g/mol. The Morgan fingerprint density at radius 3 is 1.57 bits per heavy atom. The number of likely N-dealkylation sites (tertiary alicyclic amines) is 1. The molecule has 0 spiro atoms. The van der Waals surface area contributed by atoms with Gasteiger partial charge in [-0.1, -0.05) is 91.3 Å². The van der Waals surface area contributed by atoms with Gasteiger partial charge in [0.25, 0.3) is 0 Å². The van der Waals surface area contributed by atoms with Crippen molar-refractivity contribution in [3.63, 3.8) is 0 Å². The zero-order valence-electron chi connectivity index (χ0n) is 29.8. The minimum atomic E-state index is -0.0776. The third-order valence-electron chi connectivity index (χ3n) is 5.81. The van der Waals surface area contributed by atoms with Gasteiger partial charge in [-0.3, -0.25) is 9.69 Å². The molecule has 3 rings (SSSR count). The Balaban J connectivity index is -0.000000156. The molecule has 1 aromatic heterocycles. The number of aromatic nitrogens is 3. The third kappa shape index (κ3) is 21.6. The number of hydrogen-bond acceptors (Lipinski definition) is 8. The van der Waals surface area contributed by atoms with Crippen molar-refractivity contribution < 1.29 is 28.1 Å². The number of aryl methyl sites for hydroxylation is 1. The standard InChI is InChI=1S/C14H27NO2.C7H8.C5H6N3S2.3C2H6.CH3.V/c1-10(2)12(16)17-11-8-13(3,4)15(7)14(5,6)9-11;1-7-5-3-2-4-6-7;1-9-4-6-3-7-5(8-4)10-2;3*1-2;;/h10-11H,8-9H2,1-7H3;2-6H,1H3;1-2H3;3*1-2H3;1H3;/q;;-1;;;;-1;+2. The maximum Gasteiger partial charge on any atom is 2.00 e. The summed E-state index contributed by atoms with van der Waals surface area (Å²) in [5.74, 6) is -0.118. The second-order valence-electron chi connectivity index (χ2n) is 9.87. The molecule has 6 nitrogen and oxygen atoms in total. The molecule has 0 atom stereocenters. The van der Waals surface area contributed by atoms with Crippen LogP contribution >= 0.6 is 23.5 Å². The molecule has 0 N–H and O–H groups in total. The maximum atomic E-state index is 11.7. The molecule has 1 saturated heterocycles.